The van der Waals surface area contributed by atoms with Crippen LogP contribution in [0.3, 0.4) is 0 Å². The quantitative estimate of drug-likeness (QED) is 0.862. The van der Waals surface area contributed by atoms with E-state index in [0.29, 0.717) is 0 Å². The number of rotatable bonds is 3. The Balaban J connectivity index is 3.25. The Labute approximate surface area is 111 Å². The van der Waals surface area contributed by atoms with E-state index in [9.17, 15) is 5.11 Å². The Hall–Kier alpha value is -0.860. The second kappa shape index (κ2) is 5.41. The van der Waals surface area contributed by atoms with Gasteiger partial charge in [0.1, 0.15) is 0 Å². The van der Waals surface area contributed by atoms with Crippen LogP contribution in [0.25, 0.3) is 0 Å². The minimum Gasteiger partial charge on any atom is -0.387 e. The lowest BCUT2D eigenvalue weighted by atomic mass is 9.82. The lowest BCUT2D eigenvalue weighted by Crippen LogP contribution is -2.29. The van der Waals surface area contributed by atoms with Gasteiger partial charge in [-0.3, -0.25) is 0 Å². The lowest BCUT2D eigenvalue weighted by molar-refractivity contribution is 0.139. The summed E-state index contributed by atoms with van der Waals surface area (Å²) in [6.07, 6.45) is -0.455. The predicted molar refractivity (Wildman–Crippen MR) is 78.1 cm³/mol. The van der Waals surface area contributed by atoms with Gasteiger partial charge < -0.3 is 10.4 Å². The van der Waals surface area contributed by atoms with Gasteiger partial charge in [0.2, 0.25) is 0 Å². The Bertz CT molecular complexity index is 395. The molecule has 18 heavy (non-hydrogen) atoms. The molecule has 0 spiro atoms. The van der Waals surface area contributed by atoms with Crippen molar-refractivity contribution in [2.45, 2.75) is 59.1 Å². The minimum absolute atomic E-state index is 0.0582. The highest BCUT2D eigenvalue weighted by atomic mass is 16.3. The minimum atomic E-state index is -0.455. The van der Waals surface area contributed by atoms with E-state index in [0.717, 1.165) is 5.56 Å². The molecule has 2 nitrogen and oxygen atoms in total. The third-order valence-electron chi connectivity index (χ3n) is 3.68. The highest BCUT2D eigenvalue weighted by Gasteiger charge is 2.22. The van der Waals surface area contributed by atoms with E-state index in [1.54, 1.807) is 0 Å². The summed E-state index contributed by atoms with van der Waals surface area (Å²) in [4.78, 5) is 0. The zero-order valence-electron chi connectivity index (χ0n) is 12.8. The molecule has 1 aromatic carbocycles. The molecule has 0 saturated heterocycles. The van der Waals surface area contributed by atoms with Crippen LogP contribution in [0.4, 0.5) is 0 Å². The smallest absolute Gasteiger partial charge is 0.0945 e. The maximum atomic E-state index is 10.4. The zero-order chi connectivity index (χ0) is 14.1. The average molecular weight is 249 g/mol. The van der Waals surface area contributed by atoms with E-state index < -0.39 is 6.10 Å². The number of aliphatic hydroxyl groups excluding tert-OH is 1. The Morgan fingerprint density at radius 2 is 1.56 bits per heavy atom. The van der Waals surface area contributed by atoms with E-state index in [-0.39, 0.29) is 11.5 Å². The topological polar surface area (TPSA) is 32.3 Å². The normalized spacial score (nSPS) is 15.6. The van der Waals surface area contributed by atoms with Gasteiger partial charge in [-0.1, -0.05) is 32.9 Å². The summed E-state index contributed by atoms with van der Waals surface area (Å²) >= 11 is 0. The molecule has 0 aliphatic carbocycles. The molecular formula is C16H27NO. The van der Waals surface area contributed by atoms with Gasteiger partial charge in [0, 0.05) is 6.04 Å². The Morgan fingerprint density at radius 3 is 1.89 bits per heavy atom. The van der Waals surface area contributed by atoms with Crippen LogP contribution in [0.5, 0.6) is 0 Å². The number of hydrogen-bond acceptors (Lipinski definition) is 2. The molecule has 2 heteroatoms. The molecule has 0 aliphatic rings. The van der Waals surface area contributed by atoms with Gasteiger partial charge in [-0.05, 0) is 55.5 Å². The summed E-state index contributed by atoms with van der Waals surface area (Å²) in [5, 5.41) is 13.5. The maximum Gasteiger partial charge on any atom is 0.0945 e. The van der Waals surface area contributed by atoms with Crippen LogP contribution in [0.2, 0.25) is 0 Å². The third-order valence-corrected chi connectivity index (χ3v) is 3.68. The van der Waals surface area contributed by atoms with Crippen molar-refractivity contribution in [1.29, 1.82) is 0 Å². The molecule has 102 valence electrons. The molecule has 0 saturated carbocycles. The fourth-order valence-corrected chi connectivity index (χ4v) is 2.28. The van der Waals surface area contributed by atoms with E-state index in [4.69, 9.17) is 0 Å². The highest BCUT2D eigenvalue weighted by molar-refractivity contribution is 5.42. The Kier molecular flexibility index (Phi) is 4.57. The van der Waals surface area contributed by atoms with Crippen molar-refractivity contribution in [3.63, 3.8) is 0 Å². The van der Waals surface area contributed by atoms with Gasteiger partial charge >= 0.3 is 0 Å². The van der Waals surface area contributed by atoms with Crippen molar-refractivity contribution in [2.75, 3.05) is 7.05 Å². The monoisotopic (exact) mass is 249 g/mol. The summed E-state index contributed by atoms with van der Waals surface area (Å²) in [5.74, 6) is 0. The van der Waals surface area contributed by atoms with Crippen LogP contribution in [-0.2, 0) is 5.41 Å². The number of aryl methyl sites for hydroxylation is 2. The molecule has 0 heterocycles. The third kappa shape index (κ3) is 3.12. The molecule has 0 fully saturated rings. The molecule has 1 rings (SSSR count). The van der Waals surface area contributed by atoms with Gasteiger partial charge in [0.25, 0.3) is 0 Å². The molecule has 2 atom stereocenters. The second-order valence-corrected chi connectivity index (χ2v) is 6.30. The Morgan fingerprint density at radius 1 is 1.11 bits per heavy atom. The second-order valence-electron chi connectivity index (χ2n) is 6.30. The zero-order valence-corrected chi connectivity index (χ0v) is 12.8. The molecule has 2 N–H and O–H groups in total. The number of benzene rings is 1. The molecular weight excluding hydrogens is 222 g/mol. The number of nitrogens with one attached hydrogen (secondary N) is 1. The van der Waals surface area contributed by atoms with E-state index in [2.05, 4.69) is 52.1 Å². The highest BCUT2D eigenvalue weighted by Crippen LogP contribution is 2.30. The van der Waals surface area contributed by atoms with Crippen molar-refractivity contribution in [3.05, 3.63) is 34.4 Å². The standard InChI is InChI=1S/C16H27NO/c1-10-8-13(16(4,5)6)9-11(2)14(10)15(18)12(3)17-7/h8-9,12,15,17-18H,1-7H3. The first-order valence-corrected chi connectivity index (χ1v) is 6.65. The fraction of sp³-hybridized carbons (Fsp3) is 0.625. The largest absolute Gasteiger partial charge is 0.387 e. The van der Waals surface area contributed by atoms with Gasteiger partial charge in [-0.25, -0.2) is 0 Å². The summed E-state index contributed by atoms with van der Waals surface area (Å²) in [5.41, 5.74) is 4.88. The van der Waals surface area contributed by atoms with Crippen molar-refractivity contribution in [3.8, 4) is 0 Å². The molecule has 0 bridgehead atoms. The van der Waals surface area contributed by atoms with Crippen LogP contribution < -0.4 is 5.32 Å². The summed E-state index contributed by atoms with van der Waals surface area (Å²) < 4.78 is 0. The number of hydrogen-bond donors (Lipinski definition) is 2. The van der Waals surface area contributed by atoms with Crippen molar-refractivity contribution < 1.29 is 5.11 Å². The van der Waals surface area contributed by atoms with Crippen LogP contribution in [0.1, 0.15) is 56.1 Å². The lowest BCUT2D eigenvalue weighted by Gasteiger charge is -2.26. The van der Waals surface area contributed by atoms with Crippen LogP contribution >= 0.6 is 0 Å². The van der Waals surface area contributed by atoms with E-state index >= 15 is 0 Å². The first kappa shape index (κ1) is 15.2. The molecule has 1 aromatic rings. The molecule has 0 amide bonds. The van der Waals surface area contributed by atoms with Crippen molar-refractivity contribution >= 4 is 0 Å². The summed E-state index contributed by atoms with van der Waals surface area (Å²) in [6.45, 7) is 12.8. The first-order chi connectivity index (χ1) is 8.18. The van der Waals surface area contributed by atoms with Gasteiger partial charge in [-0.15, -0.1) is 0 Å². The van der Waals surface area contributed by atoms with Gasteiger partial charge in [0.05, 0.1) is 6.10 Å². The van der Waals surface area contributed by atoms with Crippen molar-refractivity contribution in [2.24, 2.45) is 0 Å². The number of likely N-dealkylation sites (N-methyl/N-ethyl adjacent to an activating group) is 1. The van der Waals surface area contributed by atoms with Crippen molar-refractivity contribution in [1.82, 2.24) is 5.32 Å². The molecule has 0 aromatic heterocycles. The van der Waals surface area contributed by atoms with Crippen LogP contribution in [0.15, 0.2) is 12.1 Å². The fourth-order valence-electron chi connectivity index (χ4n) is 2.28. The maximum absolute atomic E-state index is 10.4. The van der Waals surface area contributed by atoms with Gasteiger partial charge in [-0.2, -0.15) is 0 Å². The molecule has 2 unspecified atom stereocenters. The first-order valence-electron chi connectivity index (χ1n) is 6.65. The summed E-state index contributed by atoms with van der Waals surface area (Å²) in [6, 6.07) is 4.46. The van der Waals surface area contributed by atoms with E-state index in [1.807, 2.05) is 14.0 Å². The summed E-state index contributed by atoms with van der Waals surface area (Å²) in [7, 11) is 1.88. The van der Waals surface area contributed by atoms with Crippen LogP contribution in [0, 0.1) is 13.8 Å². The molecule has 0 aliphatic heterocycles. The van der Waals surface area contributed by atoms with E-state index in [1.165, 1.54) is 16.7 Å². The molecule has 0 radical (unpaired) electrons. The number of aliphatic hydroxyl groups is 1. The SMILES string of the molecule is CNC(C)C(O)c1c(C)cc(C(C)(C)C)cc1C. The predicted octanol–water partition coefficient (Wildman–Crippen LogP) is 3.24. The van der Waals surface area contributed by atoms with Crippen LogP contribution in [-0.4, -0.2) is 18.2 Å². The average Bonchev–Trinajstić information content (AvgIpc) is 2.25. The van der Waals surface area contributed by atoms with Gasteiger partial charge in [0.15, 0.2) is 0 Å².